The molecular formula is C17H12BrClN4. The Labute approximate surface area is 147 Å². The Morgan fingerprint density at radius 3 is 2.70 bits per heavy atom. The van der Waals surface area contributed by atoms with Gasteiger partial charge in [-0.2, -0.15) is 0 Å². The fourth-order valence-corrected chi connectivity index (χ4v) is 3.33. The van der Waals surface area contributed by atoms with E-state index in [-0.39, 0.29) is 0 Å². The molecule has 0 amide bonds. The van der Waals surface area contributed by atoms with Crippen molar-refractivity contribution in [1.82, 2.24) is 14.8 Å². The molecule has 114 valence electrons. The van der Waals surface area contributed by atoms with Crippen molar-refractivity contribution in [2.75, 3.05) is 0 Å². The fraction of sp³-hybridized carbons (Fsp3) is 0.118. The first-order valence-electron chi connectivity index (χ1n) is 7.17. The Bertz CT molecular complexity index is 902. The molecule has 0 bridgehead atoms. The molecule has 0 saturated heterocycles. The molecule has 23 heavy (non-hydrogen) atoms. The van der Waals surface area contributed by atoms with E-state index in [1.54, 1.807) is 0 Å². The number of aliphatic imine (C=N–C) groups is 1. The molecule has 0 fully saturated rings. The van der Waals surface area contributed by atoms with E-state index in [1.807, 2.05) is 34.9 Å². The second kappa shape index (κ2) is 5.91. The van der Waals surface area contributed by atoms with Crippen LogP contribution in [0.25, 0.3) is 5.69 Å². The summed E-state index contributed by atoms with van der Waals surface area (Å²) in [6.07, 6.45) is 0. The summed E-state index contributed by atoms with van der Waals surface area (Å²) in [5.74, 6) is 1.84. The minimum absolute atomic E-state index is 0.309. The molecular weight excluding hydrogens is 376 g/mol. The van der Waals surface area contributed by atoms with Gasteiger partial charge in [-0.25, -0.2) is 0 Å². The maximum absolute atomic E-state index is 6.04. The van der Waals surface area contributed by atoms with E-state index in [9.17, 15) is 0 Å². The molecule has 0 spiro atoms. The van der Waals surface area contributed by atoms with Crippen molar-refractivity contribution in [3.8, 4) is 5.69 Å². The second-order valence-corrected chi connectivity index (χ2v) is 6.38. The van der Waals surface area contributed by atoms with Crippen LogP contribution >= 0.6 is 27.5 Å². The van der Waals surface area contributed by atoms with E-state index in [1.165, 1.54) is 0 Å². The molecule has 0 unspecified atom stereocenters. The predicted octanol–water partition coefficient (Wildman–Crippen LogP) is 4.12. The van der Waals surface area contributed by atoms with Crippen LogP contribution in [0.4, 0.5) is 0 Å². The van der Waals surface area contributed by atoms with Crippen LogP contribution in [0, 0.1) is 0 Å². The Morgan fingerprint density at radius 1 is 1.09 bits per heavy atom. The highest BCUT2D eigenvalue weighted by molar-refractivity contribution is 9.10. The maximum atomic E-state index is 6.04. The highest BCUT2D eigenvalue weighted by Crippen LogP contribution is 2.28. The van der Waals surface area contributed by atoms with Gasteiger partial charge >= 0.3 is 0 Å². The van der Waals surface area contributed by atoms with Crippen molar-refractivity contribution in [3.05, 3.63) is 75.8 Å². The van der Waals surface area contributed by atoms with Crippen LogP contribution in [0.5, 0.6) is 0 Å². The second-order valence-electron chi connectivity index (χ2n) is 5.19. The number of fused-ring (bicyclic) bond motifs is 3. The van der Waals surface area contributed by atoms with E-state index in [2.05, 4.69) is 44.3 Å². The largest absolute Gasteiger partial charge is 0.280 e. The first kappa shape index (κ1) is 14.6. The van der Waals surface area contributed by atoms with Gasteiger partial charge in [0.1, 0.15) is 6.54 Å². The van der Waals surface area contributed by atoms with Gasteiger partial charge in [-0.1, -0.05) is 46.3 Å². The summed E-state index contributed by atoms with van der Waals surface area (Å²) < 4.78 is 3.01. The zero-order chi connectivity index (χ0) is 15.8. The minimum atomic E-state index is 0.309. The average Bonchev–Trinajstić information content (AvgIpc) is 2.92. The van der Waals surface area contributed by atoms with Crippen LogP contribution in [0.1, 0.15) is 22.8 Å². The Morgan fingerprint density at radius 2 is 1.91 bits per heavy atom. The van der Waals surface area contributed by atoms with Gasteiger partial charge in [-0.05, 0) is 18.2 Å². The van der Waals surface area contributed by atoms with Crippen molar-refractivity contribution in [1.29, 1.82) is 0 Å². The van der Waals surface area contributed by atoms with Gasteiger partial charge in [0.05, 0.1) is 17.3 Å². The number of nitrogens with zero attached hydrogens (tertiary/aromatic N) is 4. The smallest absolute Gasteiger partial charge is 0.159 e. The van der Waals surface area contributed by atoms with Crippen molar-refractivity contribution in [2.45, 2.75) is 12.4 Å². The fourth-order valence-electron chi connectivity index (χ4n) is 2.79. The number of aromatic nitrogens is 3. The molecule has 2 heterocycles. The van der Waals surface area contributed by atoms with E-state index < -0.39 is 0 Å². The molecule has 2 aromatic carbocycles. The monoisotopic (exact) mass is 386 g/mol. The summed E-state index contributed by atoms with van der Waals surface area (Å²) >= 11 is 9.60. The number of benzene rings is 2. The zero-order valence-electron chi connectivity index (χ0n) is 12.1. The van der Waals surface area contributed by atoms with Gasteiger partial charge in [0.2, 0.25) is 0 Å². The lowest BCUT2D eigenvalue weighted by Crippen LogP contribution is -2.09. The molecule has 4 rings (SSSR count). The summed E-state index contributed by atoms with van der Waals surface area (Å²) in [5.41, 5.74) is 4.07. The van der Waals surface area contributed by atoms with Gasteiger partial charge in [-0.3, -0.25) is 9.56 Å². The van der Waals surface area contributed by atoms with Gasteiger partial charge < -0.3 is 0 Å². The van der Waals surface area contributed by atoms with Crippen LogP contribution in [0.2, 0.25) is 0 Å². The molecule has 0 atom stereocenters. The van der Waals surface area contributed by atoms with Crippen LogP contribution in [-0.2, 0) is 12.4 Å². The summed E-state index contributed by atoms with van der Waals surface area (Å²) in [6.45, 7) is 0.473. The van der Waals surface area contributed by atoms with Gasteiger partial charge in [-0.15, -0.1) is 21.8 Å². The van der Waals surface area contributed by atoms with Crippen LogP contribution in [0.15, 0.2) is 58.0 Å². The SMILES string of the molecule is ClCc1nnc2n1-c1ccc(Br)cc1C(c1ccccc1)=NC2. The Hall–Kier alpha value is -1.98. The molecule has 4 nitrogen and oxygen atoms in total. The molecule has 0 aliphatic carbocycles. The van der Waals surface area contributed by atoms with Crippen molar-refractivity contribution in [3.63, 3.8) is 0 Å². The first-order valence-corrected chi connectivity index (χ1v) is 8.50. The molecule has 0 N–H and O–H groups in total. The summed E-state index contributed by atoms with van der Waals surface area (Å²) in [5, 5.41) is 8.42. The lowest BCUT2D eigenvalue weighted by molar-refractivity contribution is 0.858. The van der Waals surface area contributed by atoms with Gasteiger partial charge in [0, 0.05) is 15.6 Å². The number of hydrogen-bond acceptors (Lipinski definition) is 3. The van der Waals surface area contributed by atoms with Gasteiger partial charge in [0.25, 0.3) is 0 Å². The Kier molecular flexibility index (Phi) is 3.75. The third kappa shape index (κ3) is 2.50. The van der Waals surface area contributed by atoms with Crippen LogP contribution in [0.3, 0.4) is 0 Å². The lowest BCUT2D eigenvalue weighted by atomic mass is 10.0. The molecule has 1 aromatic heterocycles. The maximum Gasteiger partial charge on any atom is 0.159 e. The zero-order valence-corrected chi connectivity index (χ0v) is 14.4. The van der Waals surface area contributed by atoms with Crippen molar-refractivity contribution < 1.29 is 0 Å². The minimum Gasteiger partial charge on any atom is -0.280 e. The first-order chi connectivity index (χ1) is 11.3. The molecule has 0 saturated carbocycles. The average molecular weight is 388 g/mol. The van der Waals surface area contributed by atoms with E-state index in [0.29, 0.717) is 12.4 Å². The van der Waals surface area contributed by atoms with E-state index in [4.69, 9.17) is 16.6 Å². The molecule has 6 heteroatoms. The normalized spacial score (nSPS) is 13.0. The molecule has 0 radical (unpaired) electrons. The third-order valence-corrected chi connectivity index (χ3v) is 4.53. The Balaban J connectivity index is 2.00. The topological polar surface area (TPSA) is 43.1 Å². The summed E-state index contributed by atoms with van der Waals surface area (Å²) in [7, 11) is 0. The van der Waals surface area contributed by atoms with E-state index in [0.717, 1.165) is 38.6 Å². The number of hydrogen-bond donors (Lipinski definition) is 0. The van der Waals surface area contributed by atoms with Crippen molar-refractivity contribution >= 4 is 33.2 Å². The van der Waals surface area contributed by atoms with Crippen molar-refractivity contribution in [2.24, 2.45) is 4.99 Å². The standard InChI is InChI=1S/C17H12BrClN4/c18-12-6-7-14-13(8-12)17(11-4-2-1-3-5-11)20-10-16-22-21-15(9-19)23(14)16/h1-8H,9-10H2. The number of alkyl halides is 1. The van der Waals surface area contributed by atoms with Crippen LogP contribution in [-0.4, -0.2) is 20.5 Å². The summed E-state index contributed by atoms with van der Waals surface area (Å²) in [6, 6.07) is 16.3. The highest BCUT2D eigenvalue weighted by atomic mass is 79.9. The highest BCUT2D eigenvalue weighted by Gasteiger charge is 2.22. The number of halogens is 2. The van der Waals surface area contributed by atoms with Crippen LogP contribution < -0.4 is 0 Å². The predicted molar refractivity (Wildman–Crippen MR) is 94.4 cm³/mol. The molecule has 1 aliphatic heterocycles. The quantitative estimate of drug-likeness (QED) is 0.621. The molecule has 1 aliphatic rings. The lowest BCUT2D eigenvalue weighted by Gasteiger charge is -2.13. The number of rotatable bonds is 2. The third-order valence-electron chi connectivity index (χ3n) is 3.80. The molecule has 3 aromatic rings. The van der Waals surface area contributed by atoms with Gasteiger partial charge in [0.15, 0.2) is 11.6 Å². The summed E-state index contributed by atoms with van der Waals surface area (Å²) in [4.78, 5) is 4.79. The van der Waals surface area contributed by atoms with E-state index >= 15 is 0 Å².